The molecule has 1 unspecified atom stereocenters. The standard InChI is InChI=1S/C61H108O6/c1-4-7-10-13-16-18-20-22-24-26-27-28-29-30-31-32-33-34-35-36-38-39-41-43-45-48-51-54-60(63)66-57-58(56-65-59(62)53-50-47-15-12-9-6-3)67-61(64)55-52-49-46-44-42-40-37-25-23-21-19-17-14-11-8-5-2/h7,10,16,18,22,24-25,27-28,37,58H,4-6,8-9,11-15,17,19-21,23,26,29-36,38-57H2,1-3H3/b10-7-,18-16-,24-22-,28-27-,37-25-. The zero-order chi connectivity index (χ0) is 48.6. The van der Waals surface area contributed by atoms with Gasteiger partial charge in [0.25, 0.3) is 0 Å². The van der Waals surface area contributed by atoms with E-state index in [1.807, 2.05) is 0 Å². The second-order valence-corrected chi connectivity index (χ2v) is 19.2. The number of ether oxygens (including phenoxy) is 3. The van der Waals surface area contributed by atoms with Crippen molar-refractivity contribution in [1.82, 2.24) is 0 Å². The number of esters is 3. The van der Waals surface area contributed by atoms with E-state index in [0.717, 1.165) is 89.9 Å². The Labute approximate surface area is 415 Å². The molecule has 0 aromatic heterocycles. The van der Waals surface area contributed by atoms with E-state index in [9.17, 15) is 14.4 Å². The second kappa shape index (κ2) is 55.7. The Balaban J connectivity index is 4.08. The van der Waals surface area contributed by atoms with Gasteiger partial charge in [-0.25, -0.2) is 0 Å². The second-order valence-electron chi connectivity index (χ2n) is 19.2. The SMILES string of the molecule is CC/C=C\C/C=C\C/C=C\C/C=C\CCCCCCCCCCCCCCCCC(=O)OCC(COC(=O)CCCCCCCC)OC(=O)CCCCCCC/C=C\CCCCCCCCC. The largest absolute Gasteiger partial charge is 0.462 e. The summed E-state index contributed by atoms with van der Waals surface area (Å²) in [5, 5.41) is 0. The Morgan fingerprint density at radius 2 is 0.582 bits per heavy atom. The maximum Gasteiger partial charge on any atom is 0.306 e. The number of unbranched alkanes of at least 4 members (excludes halogenated alkanes) is 31. The van der Waals surface area contributed by atoms with Crippen LogP contribution >= 0.6 is 0 Å². The van der Waals surface area contributed by atoms with Crippen LogP contribution in [0.2, 0.25) is 0 Å². The summed E-state index contributed by atoms with van der Waals surface area (Å²) in [4.78, 5) is 37.8. The van der Waals surface area contributed by atoms with Gasteiger partial charge >= 0.3 is 17.9 Å². The van der Waals surface area contributed by atoms with Crippen molar-refractivity contribution in [3.05, 3.63) is 60.8 Å². The van der Waals surface area contributed by atoms with Gasteiger partial charge in [0.2, 0.25) is 0 Å². The third-order valence-electron chi connectivity index (χ3n) is 12.5. The highest BCUT2D eigenvalue weighted by Gasteiger charge is 2.19. The molecule has 67 heavy (non-hydrogen) atoms. The minimum absolute atomic E-state index is 0.0754. The lowest BCUT2D eigenvalue weighted by molar-refractivity contribution is -0.167. The molecule has 0 N–H and O–H groups in total. The summed E-state index contributed by atoms with van der Waals surface area (Å²) in [6, 6.07) is 0. The molecule has 6 nitrogen and oxygen atoms in total. The van der Waals surface area contributed by atoms with Gasteiger partial charge in [-0.2, -0.15) is 0 Å². The lowest BCUT2D eigenvalue weighted by Crippen LogP contribution is -2.30. The fraction of sp³-hybridized carbons (Fsp3) is 0.787. The van der Waals surface area contributed by atoms with Crippen molar-refractivity contribution in [1.29, 1.82) is 0 Å². The molecule has 0 rings (SSSR count). The number of hydrogen-bond acceptors (Lipinski definition) is 6. The Hall–Kier alpha value is -2.89. The molecule has 0 saturated carbocycles. The Morgan fingerprint density at radius 3 is 0.925 bits per heavy atom. The average molecular weight is 938 g/mol. The lowest BCUT2D eigenvalue weighted by Gasteiger charge is -2.18. The summed E-state index contributed by atoms with van der Waals surface area (Å²) >= 11 is 0. The van der Waals surface area contributed by atoms with Crippen LogP contribution in [0.3, 0.4) is 0 Å². The fourth-order valence-corrected chi connectivity index (χ4v) is 8.19. The first-order valence-corrected chi connectivity index (χ1v) is 28.8. The van der Waals surface area contributed by atoms with Crippen molar-refractivity contribution >= 4 is 17.9 Å². The molecular weight excluding hydrogens is 829 g/mol. The van der Waals surface area contributed by atoms with E-state index in [0.29, 0.717) is 19.3 Å². The molecule has 0 spiro atoms. The molecule has 0 heterocycles. The van der Waals surface area contributed by atoms with Gasteiger partial charge in [0, 0.05) is 19.3 Å². The quantitative estimate of drug-likeness (QED) is 0.0262. The third kappa shape index (κ3) is 53.9. The van der Waals surface area contributed by atoms with Crippen LogP contribution < -0.4 is 0 Å². The highest BCUT2D eigenvalue weighted by Crippen LogP contribution is 2.16. The molecule has 0 aliphatic carbocycles. The lowest BCUT2D eigenvalue weighted by atomic mass is 10.0. The molecule has 0 fully saturated rings. The van der Waals surface area contributed by atoms with Gasteiger partial charge in [-0.3, -0.25) is 14.4 Å². The van der Waals surface area contributed by atoms with Crippen LogP contribution in [0.5, 0.6) is 0 Å². The van der Waals surface area contributed by atoms with Crippen molar-refractivity contribution in [3.63, 3.8) is 0 Å². The summed E-state index contributed by atoms with van der Waals surface area (Å²) in [6.45, 7) is 6.48. The summed E-state index contributed by atoms with van der Waals surface area (Å²) in [7, 11) is 0. The van der Waals surface area contributed by atoms with Crippen molar-refractivity contribution in [3.8, 4) is 0 Å². The topological polar surface area (TPSA) is 78.9 Å². The van der Waals surface area contributed by atoms with E-state index in [1.54, 1.807) is 0 Å². The molecule has 388 valence electrons. The van der Waals surface area contributed by atoms with E-state index in [-0.39, 0.29) is 31.1 Å². The summed E-state index contributed by atoms with van der Waals surface area (Å²) in [6.07, 6.45) is 69.6. The number of rotatable bonds is 52. The van der Waals surface area contributed by atoms with Crippen LogP contribution in [0.25, 0.3) is 0 Å². The number of carbonyl (C=O) groups excluding carboxylic acids is 3. The number of hydrogen-bond donors (Lipinski definition) is 0. The molecule has 0 aromatic carbocycles. The van der Waals surface area contributed by atoms with Gasteiger partial charge < -0.3 is 14.2 Å². The minimum atomic E-state index is -0.773. The molecule has 0 aliphatic heterocycles. The molecule has 0 aliphatic rings. The molecule has 0 saturated heterocycles. The molecule has 0 aromatic rings. The van der Waals surface area contributed by atoms with Crippen LogP contribution in [-0.4, -0.2) is 37.2 Å². The van der Waals surface area contributed by atoms with Crippen LogP contribution in [0, 0.1) is 0 Å². The minimum Gasteiger partial charge on any atom is -0.462 e. The molecule has 6 heteroatoms. The third-order valence-corrected chi connectivity index (χ3v) is 12.5. The normalized spacial score (nSPS) is 12.5. The highest BCUT2D eigenvalue weighted by molar-refractivity contribution is 5.71. The summed E-state index contributed by atoms with van der Waals surface area (Å²) in [5.74, 6) is -0.884. The van der Waals surface area contributed by atoms with E-state index in [1.165, 1.54) is 161 Å². The van der Waals surface area contributed by atoms with Crippen LogP contribution in [0.4, 0.5) is 0 Å². The van der Waals surface area contributed by atoms with E-state index >= 15 is 0 Å². The predicted molar refractivity (Wildman–Crippen MR) is 288 cm³/mol. The molecule has 1 atom stereocenters. The predicted octanol–water partition coefficient (Wildman–Crippen LogP) is 19.2. The van der Waals surface area contributed by atoms with Gasteiger partial charge in [0.05, 0.1) is 0 Å². The highest BCUT2D eigenvalue weighted by atomic mass is 16.6. The Kier molecular flexibility index (Phi) is 53.3. The van der Waals surface area contributed by atoms with Crippen molar-refractivity contribution in [2.45, 2.75) is 297 Å². The molecule has 0 bridgehead atoms. The smallest absolute Gasteiger partial charge is 0.306 e. The van der Waals surface area contributed by atoms with Gasteiger partial charge in [0.1, 0.15) is 13.2 Å². The van der Waals surface area contributed by atoms with Gasteiger partial charge in [-0.05, 0) is 83.5 Å². The van der Waals surface area contributed by atoms with Crippen molar-refractivity contribution < 1.29 is 28.6 Å². The first kappa shape index (κ1) is 64.1. The van der Waals surface area contributed by atoms with Gasteiger partial charge in [-0.1, -0.05) is 248 Å². The van der Waals surface area contributed by atoms with Crippen LogP contribution in [0.15, 0.2) is 60.8 Å². The van der Waals surface area contributed by atoms with E-state index in [4.69, 9.17) is 14.2 Å². The monoisotopic (exact) mass is 937 g/mol. The molecule has 0 radical (unpaired) electrons. The molecular formula is C61H108O6. The van der Waals surface area contributed by atoms with E-state index in [2.05, 4.69) is 81.5 Å². The van der Waals surface area contributed by atoms with Crippen molar-refractivity contribution in [2.75, 3.05) is 13.2 Å². The average Bonchev–Trinajstić information content (AvgIpc) is 3.33. The zero-order valence-corrected chi connectivity index (χ0v) is 44.4. The van der Waals surface area contributed by atoms with Crippen LogP contribution in [0.1, 0.15) is 290 Å². The van der Waals surface area contributed by atoms with E-state index < -0.39 is 6.10 Å². The van der Waals surface area contributed by atoms with Gasteiger partial charge in [-0.15, -0.1) is 0 Å². The Morgan fingerprint density at radius 1 is 0.313 bits per heavy atom. The zero-order valence-electron chi connectivity index (χ0n) is 44.4. The number of allylic oxidation sites excluding steroid dienone is 10. The maximum atomic E-state index is 12.8. The fourth-order valence-electron chi connectivity index (χ4n) is 8.19. The van der Waals surface area contributed by atoms with Gasteiger partial charge in [0.15, 0.2) is 6.10 Å². The van der Waals surface area contributed by atoms with Crippen molar-refractivity contribution in [2.24, 2.45) is 0 Å². The summed E-state index contributed by atoms with van der Waals surface area (Å²) < 4.78 is 16.7. The Bertz CT molecular complexity index is 1210. The maximum absolute atomic E-state index is 12.8. The first-order valence-electron chi connectivity index (χ1n) is 28.8. The number of carbonyl (C=O) groups is 3. The summed E-state index contributed by atoms with van der Waals surface area (Å²) in [5.41, 5.74) is 0. The first-order chi connectivity index (χ1) is 33.0. The molecule has 0 amide bonds. The van der Waals surface area contributed by atoms with Crippen LogP contribution in [-0.2, 0) is 28.6 Å².